The van der Waals surface area contributed by atoms with Gasteiger partial charge in [0.05, 0.1) is 10.4 Å². The quantitative estimate of drug-likeness (QED) is 0.942. The summed E-state index contributed by atoms with van der Waals surface area (Å²) in [5, 5.41) is 7.48. The molecule has 1 atom stereocenters. The smallest absolute Gasteiger partial charge is 0.234 e. The van der Waals surface area contributed by atoms with Gasteiger partial charge in [-0.1, -0.05) is 23.7 Å². The van der Waals surface area contributed by atoms with Crippen LogP contribution in [0.4, 0.5) is 4.39 Å². The van der Waals surface area contributed by atoms with Crippen molar-refractivity contribution in [3.05, 3.63) is 34.9 Å². The number of hydrogen-bond acceptors (Lipinski definition) is 4. The standard InChI is InChI=1S/C15H17ClFN3O/c1-2-15(6-3-7-18-9-15)14-19-13(20-21-14)10-4-5-12(17)11(16)8-10/h4-5,8,18H,2-3,6-7,9H2,1H3. The third-order valence-corrected chi connectivity index (χ3v) is 4.50. The van der Waals surface area contributed by atoms with E-state index in [9.17, 15) is 4.39 Å². The minimum Gasteiger partial charge on any atom is -0.338 e. The van der Waals surface area contributed by atoms with Crippen LogP contribution in [-0.4, -0.2) is 23.2 Å². The van der Waals surface area contributed by atoms with E-state index >= 15 is 0 Å². The predicted octanol–water partition coefficient (Wildman–Crippen LogP) is 3.56. The van der Waals surface area contributed by atoms with E-state index in [0.717, 1.165) is 32.4 Å². The van der Waals surface area contributed by atoms with Gasteiger partial charge in [-0.2, -0.15) is 4.98 Å². The van der Waals surface area contributed by atoms with Gasteiger partial charge in [-0.25, -0.2) is 4.39 Å². The van der Waals surface area contributed by atoms with Crippen molar-refractivity contribution in [1.82, 2.24) is 15.5 Å². The molecule has 1 saturated heterocycles. The SMILES string of the molecule is CCC1(c2nc(-c3ccc(F)c(Cl)c3)no2)CCCNC1. The van der Waals surface area contributed by atoms with Crippen LogP contribution in [0.1, 0.15) is 32.1 Å². The minimum absolute atomic E-state index is 0.0587. The summed E-state index contributed by atoms with van der Waals surface area (Å²) in [5.74, 6) is 0.642. The maximum atomic E-state index is 13.2. The monoisotopic (exact) mass is 309 g/mol. The summed E-state index contributed by atoms with van der Waals surface area (Å²) in [6, 6.07) is 4.43. The normalized spacial score (nSPS) is 22.4. The molecule has 0 spiro atoms. The van der Waals surface area contributed by atoms with E-state index < -0.39 is 5.82 Å². The Bertz CT molecular complexity index is 638. The Hall–Kier alpha value is -1.46. The third kappa shape index (κ3) is 2.68. The van der Waals surface area contributed by atoms with E-state index in [1.54, 1.807) is 6.07 Å². The molecule has 1 aromatic heterocycles. The molecule has 4 nitrogen and oxygen atoms in total. The second kappa shape index (κ2) is 5.73. The summed E-state index contributed by atoms with van der Waals surface area (Å²) in [6.45, 7) is 4.00. The lowest BCUT2D eigenvalue weighted by Gasteiger charge is -2.33. The number of benzene rings is 1. The van der Waals surface area contributed by atoms with Crippen molar-refractivity contribution in [2.75, 3.05) is 13.1 Å². The molecule has 0 radical (unpaired) electrons. The van der Waals surface area contributed by atoms with Crippen LogP contribution in [0.3, 0.4) is 0 Å². The summed E-state index contributed by atoms with van der Waals surface area (Å²) in [7, 11) is 0. The molecule has 1 aliphatic rings. The van der Waals surface area contributed by atoms with Gasteiger partial charge in [-0.15, -0.1) is 0 Å². The van der Waals surface area contributed by atoms with Crippen LogP contribution in [0, 0.1) is 5.82 Å². The molecule has 21 heavy (non-hydrogen) atoms. The fourth-order valence-electron chi connectivity index (χ4n) is 2.79. The van der Waals surface area contributed by atoms with Gasteiger partial charge in [0.2, 0.25) is 11.7 Å². The summed E-state index contributed by atoms with van der Waals surface area (Å²) in [6.07, 6.45) is 3.06. The van der Waals surface area contributed by atoms with Crippen LogP contribution < -0.4 is 5.32 Å². The Morgan fingerprint density at radius 3 is 3.00 bits per heavy atom. The molecular formula is C15H17ClFN3O. The summed E-state index contributed by atoms with van der Waals surface area (Å²) < 4.78 is 18.7. The van der Waals surface area contributed by atoms with Crippen molar-refractivity contribution in [1.29, 1.82) is 0 Å². The van der Waals surface area contributed by atoms with Crippen molar-refractivity contribution in [2.24, 2.45) is 0 Å². The molecule has 6 heteroatoms. The second-order valence-electron chi connectivity index (χ2n) is 5.47. The van der Waals surface area contributed by atoms with Crippen LogP contribution in [0.2, 0.25) is 5.02 Å². The van der Waals surface area contributed by atoms with Crippen LogP contribution in [-0.2, 0) is 5.41 Å². The number of aromatic nitrogens is 2. The van der Waals surface area contributed by atoms with E-state index in [1.807, 2.05) is 0 Å². The van der Waals surface area contributed by atoms with E-state index in [0.29, 0.717) is 17.3 Å². The predicted molar refractivity (Wildman–Crippen MR) is 78.8 cm³/mol. The van der Waals surface area contributed by atoms with Gasteiger partial charge >= 0.3 is 0 Å². The van der Waals surface area contributed by atoms with Crippen LogP contribution >= 0.6 is 11.6 Å². The molecule has 112 valence electrons. The molecule has 1 fully saturated rings. The Morgan fingerprint density at radius 2 is 2.33 bits per heavy atom. The van der Waals surface area contributed by atoms with E-state index in [4.69, 9.17) is 16.1 Å². The highest BCUT2D eigenvalue weighted by molar-refractivity contribution is 6.31. The van der Waals surface area contributed by atoms with E-state index in [-0.39, 0.29) is 10.4 Å². The van der Waals surface area contributed by atoms with Gasteiger partial charge in [-0.3, -0.25) is 0 Å². The fraction of sp³-hybridized carbons (Fsp3) is 0.467. The first-order valence-electron chi connectivity index (χ1n) is 7.15. The summed E-state index contributed by atoms with van der Waals surface area (Å²) in [5.41, 5.74) is 0.555. The van der Waals surface area contributed by atoms with Crippen LogP contribution in [0.25, 0.3) is 11.4 Å². The Balaban J connectivity index is 1.93. The molecule has 0 saturated carbocycles. The van der Waals surface area contributed by atoms with E-state index in [2.05, 4.69) is 22.4 Å². The number of hydrogen-bond donors (Lipinski definition) is 1. The second-order valence-corrected chi connectivity index (χ2v) is 5.87. The Morgan fingerprint density at radius 1 is 1.48 bits per heavy atom. The highest BCUT2D eigenvalue weighted by atomic mass is 35.5. The number of nitrogens with one attached hydrogen (secondary N) is 1. The fourth-order valence-corrected chi connectivity index (χ4v) is 2.98. The zero-order valence-corrected chi connectivity index (χ0v) is 12.6. The summed E-state index contributed by atoms with van der Waals surface area (Å²) in [4.78, 5) is 4.52. The maximum Gasteiger partial charge on any atom is 0.234 e. The van der Waals surface area contributed by atoms with Gasteiger partial charge in [0, 0.05) is 12.1 Å². The van der Waals surface area contributed by atoms with Gasteiger partial charge in [0.15, 0.2) is 0 Å². The van der Waals surface area contributed by atoms with E-state index in [1.165, 1.54) is 12.1 Å². The third-order valence-electron chi connectivity index (χ3n) is 4.21. The average molecular weight is 310 g/mol. The van der Waals surface area contributed by atoms with Crippen LogP contribution in [0.15, 0.2) is 22.7 Å². The number of halogens is 2. The van der Waals surface area contributed by atoms with Crippen molar-refractivity contribution in [3.63, 3.8) is 0 Å². The first-order valence-corrected chi connectivity index (χ1v) is 7.53. The van der Waals surface area contributed by atoms with Crippen molar-refractivity contribution < 1.29 is 8.91 Å². The van der Waals surface area contributed by atoms with Crippen molar-refractivity contribution >= 4 is 11.6 Å². The van der Waals surface area contributed by atoms with Crippen molar-refractivity contribution in [3.8, 4) is 11.4 Å². The zero-order chi connectivity index (χ0) is 14.9. The first-order chi connectivity index (χ1) is 10.1. The molecule has 1 unspecified atom stereocenters. The lowest BCUT2D eigenvalue weighted by atomic mass is 9.78. The highest BCUT2D eigenvalue weighted by Crippen LogP contribution is 2.34. The first kappa shape index (κ1) is 14.5. The van der Waals surface area contributed by atoms with Crippen molar-refractivity contribution in [2.45, 2.75) is 31.6 Å². The molecule has 0 amide bonds. The maximum absolute atomic E-state index is 13.2. The Labute approximate surface area is 127 Å². The van der Waals surface area contributed by atoms with Crippen LogP contribution in [0.5, 0.6) is 0 Å². The van der Waals surface area contributed by atoms with Gasteiger partial charge < -0.3 is 9.84 Å². The zero-order valence-electron chi connectivity index (χ0n) is 11.8. The molecule has 0 aliphatic carbocycles. The lowest BCUT2D eigenvalue weighted by Crippen LogP contribution is -2.43. The number of piperidine rings is 1. The molecule has 2 heterocycles. The molecule has 2 aromatic rings. The summed E-state index contributed by atoms with van der Waals surface area (Å²) >= 11 is 5.80. The van der Waals surface area contributed by atoms with Gasteiger partial charge in [0.25, 0.3) is 0 Å². The average Bonchev–Trinajstić information content (AvgIpc) is 3.01. The molecule has 3 rings (SSSR count). The number of nitrogens with zero attached hydrogens (tertiary/aromatic N) is 2. The minimum atomic E-state index is -0.453. The molecule has 1 N–H and O–H groups in total. The lowest BCUT2D eigenvalue weighted by molar-refractivity contribution is 0.221. The molecule has 1 aliphatic heterocycles. The molecule has 1 aromatic carbocycles. The Kier molecular flexibility index (Phi) is 3.95. The number of rotatable bonds is 3. The topological polar surface area (TPSA) is 51.0 Å². The largest absolute Gasteiger partial charge is 0.338 e. The molecular weight excluding hydrogens is 293 g/mol. The van der Waals surface area contributed by atoms with Gasteiger partial charge in [0.1, 0.15) is 5.82 Å². The van der Waals surface area contributed by atoms with Gasteiger partial charge in [-0.05, 0) is 44.0 Å². The highest BCUT2D eigenvalue weighted by Gasteiger charge is 2.37. The molecule has 0 bridgehead atoms.